The van der Waals surface area contributed by atoms with E-state index in [1.807, 2.05) is 0 Å². The number of hydrogen-bond acceptors (Lipinski definition) is 5. The average molecular weight is 250 g/mol. The third kappa shape index (κ3) is 3.93. The van der Waals surface area contributed by atoms with E-state index in [1.165, 1.54) is 13.2 Å². The fourth-order valence-electron chi connectivity index (χ4n) is 1.24. The largest absolute Gasteiger partial charge is 0.497 e. The third-order valence-electron chi connectivity index (χ3n) is 2.11. The Hall–Kier alpha value is -2.30. The van der Waals surface area contributed by atoms with Crippen LogP contribution in [0.15, 0.2) is 30.0 Å². The lowest BCUT2D eigenvalue weighted by molar-refractivity contribution is -0.140. The Labute approximate surface area is 105 Å². The number of carbonyl (C=O) groups excluding carboxylic acids is 2. The molecule has 96 valence electrons. The molecule has 0 spiro atoms. The molecule has 0 saturated heterocycles. The number of benzene rings is 1. The molecule has 0 bridgehead atoms. The summed E-state index contributed by atoms with van der Waals surface area (Å²) in [5.41, 5.74) is 0.738. The van der Waals surface area contributed by atoms with Gasteiger partial charge in [-0.1, -0.05) is 12.1 Å². The SMILES string of the molecule is COC(=O)C(=Cc1ccc(OC)cc1)OCC=O. The number of carbonyl (C=O) groups is 2. The first kappa shape index (κ1) is 13.8. The molecule has 0 aliphatic heterocycles. The van der Waals surface area contributed by atoms with E-state index in [1.54, 1.807) is 31.4 Å². The van der Waals surface area contributed by atoms with Gasteiger partial charge in [-0.2, -0.15) is 0 Å². The quantitative estimate of drug-likeness (QED) is 0.331. The second kappa shape index (κ2) is 7.11. The predicted octanol–water partition coefficient (Wildman–Crippen LogP) is 1.42. The van der Waals surface area contributed by atoms with Crippen molar-refractivity contribution in [3.05, 3.63) is 35.6 Å². The fraction of sp³-hybridized carbons (Fsp3) is 0.231. The summed E-state index contributed by atoms with van der Waals surface area (Å²) in [4.78, 5) is 21.6. The van der Waals surface area contributed by atoms with Gasteiger partial charge in [0.05, 0.1) is 14.2 Å². The summed E-state index contributed by atoms with van der Waals surface area (Å²) in [6.07, 6.45) is 2.06. The highest BCUT2D eigenvalue weighted by Crippen LogP contribution is 2.14. The minimum Gasteiger partial charge on any atom is -0.497 e. The van der Waals surface area contributed by atoms with Crippen molar-refractivity contribution in [2.45, 2.75) is 0 Å². The summed E-state index contributed by atoms with van der Waals surface area (Å²) >= 11 is 0. The molecule has 0 amide bonds. The topological polar surface area (TPSA) is 61.8 Å². The van der Waals surface area contributed by atoms with Crippen molar-refractivity contribution in [2.24, 2.45) is 0 Å². The molecule has 0 aliphatic rings. The molecule has 0 N–H and O–H groups in total. The standard InChI is InChI=1S/C13H14O5/c1-16-11-5-3-10(4-6-11)9-12(13(15)17-2)18-8-7-14/h3-7,9H,8H2,1-2H3. The number of hydrogen-bond donors (Lipinski definition) is 0. The smallest absolute Gasteiger partial charge is 0.373 e. The van der Waals surface area contributed by atoms with Crippen LogP contribution in [0, 0.1) is 0 Å². The molecule has 1 aromatic carbocycles. The highest BCUT2D eigenvalue weighted by Gasteiger charge is 2.11. The van der Waals surface area contributed by atoms with Gasteiger partial charge in [0.15, 0.2) is 6.29 Å². The number of methoxy groups -OCH3 is 2. The first-order chi connectivity index (χ1) is 8.71. The molecule has 0 unspecified atom stereocenters. The van der Waals surface area contributed by atoms with Crippen LogP contribution in [0.3, 0.4) is 0 Å². The van der Waals surface area contributed by atoms with Crippen molar-refractivity contribution in [1.29, 1.82) is 0 Å². The molecule has 5 nitrogen and oxygen atoms in total. The van der Waals surface area contributed by atoms with Crippen LogP contribution in [0.2, 0.25) is 0 Å². The van der Waals surface area contributed by atoms with Gasteiger partial charge < -0.3 is 14.2 Å². The molecule has 0 saturated carbocycles. The maximum Gasteiger partial charge on any atom is 0.373 e. The molecular weight excluding hydrogens is 236 g/mol. The normalized spacial score (nSPS) is 10.7. The lowest BCUT2D eigenvalue weighted by atomic mass is 10.2. The molecular formula is C13H14O5. The number of ether oxygens (including phenoxy) is 3. The van der Waals surface area contributed by atoms with E-state index in [9.17, 15) is 9.59 Å². The van der Waals surface area contributed by atoms with Crippen molar-refractivity contribution >= 4 is 18.3 Å². The van der Waals surface area contributed by atoms with Gasteiger partial charge >= 0.3 is 5.97 Å². The van der Waals surface area contributed by atoms with Gasteiger partial charge in [0.2, 0.25) is 5.76 Å². The number of aldehydes is 1. The molecule has 0 fully saturated rings. The zero-order valence-corrected chi connectivity index (χ0v) is 10.2. The van der Waals surface area contributed by atoms with E-state index < -0.39 is 5.97 Å². The predicted molar refractivity (Wildman–Crippen MR) is 65.0 cm³/mol. The Morgan fingerprint density at radius 1 is 1.22 bits per heavy atom. The van der Waals surface area contributed by atoms with Crippen LogP contribution in [0.4, 0.5) is 0 Å². The van der Waals surface area contributed by atoms with Crippen LogP contribution < -0.4 is 4.74 Å². The van der Waals surface area contributed by atoms with E-state index in [2.05, 4.69) is 4.74 Å². The minimum absolute atomic E-state index is 0.0187. The van der Waals surface area contributed by atoms with Gasteiger partial charge in [0.1, 0.15) is 12.4 Å². The van der Waals surface area contributed by atoms with E-state index in [-0.39, 0.29) is 12.4 Å². The summed E-state index contributed by atoms with van der Waals surface area (Å²) in [6, 6.07) is 7.01. The number of rotatable bonds is 6. The van der Waals surface area contributed by atoms with Crippen molar-refractivity contribution in [1.82, 2.24) is 0 Å². The Kier molecular flexibility index (Phi) is 5.44. The van der Waals surface area contributed by atoms with Crippen LogP contribution in [0.5, 0.6) is 5.75 Å². The fourth-order valence-corrected chi connectivity index (χ4v) is 1.24. The van der Waals surface area contributed by atoms with E-state index in [4.69, 9.17) is 9.47 Å². The molecule has 0 aromatic heterocycles. The van der Waals surface area contributed by atoms with Gasteiger partial charge in [0, 0.05) is 0 Å². The van der Waals surface area contributed by atoms with Crippen molar-refractivity contribution in [2.75, 3.05) is 20.8 Å². The molecule has 0 radical (unpaired) electrons. The molecule has 1 rings (SSSR count). The van der Waals surface area contributed by atoms with Crippen molar-refractivity contribution in [3.8, 4) is 5.75 Å². The Morgan fingerprint density at radius 2 is 1.89 bits per heavy atom. The van der Waals surface area contributed by atoms with Crippen LogP contribution in [0.25, 0.3) is 6.08 Å². The highest BCUT2D eigenvalue weighted by molar-refractivity contribution is 5.91. The van der Waals surface area contributed by atoms with Gasteiger partial charge in [-0.15, -0.1) is 0 Å². The summed E-state index contributed by atoms with van der Waals surface area (Å²) in [6.45, 7) is -0.197. The number of esters is 1. The third-order valence-corrected chi connectivity index (χ3v) is 2.11. The molecule has 18 heavy (non-hydrogen) atoms. The van der Waals surface area contributed by atoms with Crippen LogP contribution in [0.1, 0.15) is 5.56 Å². The molecule has 1 aromatic rings. The van der Waals surface area contributed by atoms with Gasteiger partial charge in [-0.3, -0.25) is 4.79 Å². The Balaban J connectivity index is 2.90. The minimum atomic E-state index is -0.632. The maximum absolute atomic E-state index is 11.4. The maximum atomic E-state index is 11.4. The molecule has 0 heterocycles. The van der Waals surface area contributed by atoms with E-state index in [0.717, 1.165) is 5.56 Å². The summed E-state index contributed by atoms with van der Waals surface area (Å²) in [5, 5.41) is 0. The van der Waals surface area contributed by atoms with E-state index in [0.29, 0.717) is 12.0 Å². The summed E-state index contributed by atoms with van der Waals surface area (Å²) < 4.78 is 14.6. The Morgan fingerprint density at radius 3 is 2.39 bits per heavy atom. The van der Waals surface area contributed by atoms with Crippen LogP contribution in [-0.4, -0.2) is 33.1 Å². The van der Waals surface area contributed by atoms with Gasteiger partial charge in [-0.25, -0.2) is 4.79 Å². The average Bonchev–Trinajstić information content (AvgIpc) is 2.43. The zero-order valence-electron chi connectivity index (χ0n) is 10.2. The molecule has 0 aliphatic carbocycles. The highest BCUT2D eigenvalue weighted by atomic mass is 16.6. The molecule has 0 atom stereocenters. The second-order valence-corrected chi connectivity index (χ2v) is 3.25. The first-order valence-corrected chi connectivity index (χ1v) is 5.21. The monoisotopic (exact) mass is 250 g/mol. The summed E-state index contributed by atoms with van der Waals surface area (Å²) in [7, 11) is 2.81. The zero-order chi connectivity index (χ0) is 13.4. The van der Waals surface area contributed by atoms with Gasteiger partial charge in [0.25, 0.3) is 0 Å². The van der Waals surface area contributed by atoms with Crippen molar-refractivity contribution in [3.63, 3.8) is 0 Å². The van der Waals surface area contributed by atoms with Crippen LogP contribution in [-0.2, 0) is 19.1 Å². The Bertz CT molecular complexity index is 433. The first-order valence-electron chi connectivity index (χ1n) is 5.21. The lowest BCUT2D eigenvalue weighted by Gasteiger charge is -2.06. The van der Waals surface area contributed by atoms with Gasteiger partial charge in [-0.05, 0) is 23.8 Å². The summed E-state index contributed by atoms with van der Waals surface area (Å²) in [5.74, 6) is 0.0583. The van der Waals surface area contributed by atoms with Crippen molar-refractivity contribution < 1.29 is 23.8 Å². The molecule has 5 heteroatoms. The van der Waals surface area contributed by atoms with Crippen LogP contribution >= 0.6 is 0 Å². The second-order valence-electron chi connectivity index (χ2n) is 3.25. The lowest BCUT2D eigenvalue weighted by Crippen LogP contribution is -2.09. The van der Waals surface area contributed by atoms with E-state index >= 15 is 0 Å².